The Hall–Kier alpha value is -3.04. The molecule has 1 saturated heterocycles. The van der Waals surface area contributed by atoms with E-state index in [0.29, 0.717) is 12.1 Å². The van der Waals surface area contributed by atoms with E-state index in [0.717, 1.165) is 35.3 Å². The lowest BCUT2D eigenvalue weighted by Gasteiger charge is -2.21. The van der Waals surface area contributed by atoms with Gasteiger partial charge in [0.15, 0.2) is 0 Å². The van der Waals surface area contributed by atoms with Crippen molar-refractivity contribution in [3.63, 3.8) is 0 Å². The molecule has 4 aromatic rings. The molecule has 4 heterocycles. The maximum Gasteiger partial charge on any atom is 0.214 e. The summed E-state index contributed by atoms with van der Waals surface area (Å²) in [7, 11) is -3.47. The molecule has 0 radical (unpaired) electrons. The van der Waals surface area contributed by atoms with Crippen molar-refractivity contribution >= 4 is 21.1 Å². The summed E-state index contributed by atoms with van der Waals surface area (Å²) in [6.07, 6.45) is 6.53. The van der Waals surface area contributed by atoms with Gasteiger partial charge in [-0.05, 0) is 55.5 Å². The Kier molecular flexibility index (Phi) is 5.76. The number of pyridine rings is 1. The lowest BCUT2D eigenvalue weighted by molar-refractivity contribution is 0.399. The smallest absolute Gasteiger partial charge is 0.214 e. The van der Waals surface area contributed by atoms with E-state index < -0.39 is 10.0 Å². The van der Waals surface area contributed by atoms with Crippen LogP contribution in [-0.4, -0.2) is 50.8 Å². The maximum atomic E-state index is 13.9. The van der Waals surface area contributed by atoms with Crippen LogP contribution in [0.3, 0.4) is 0 Å². The number of fused-ring (bicyclic) bond motifs is 1. The molecule has 1 fully saturated rings. The molecule has 1 aromatic carbocycles. The number of nitrogens with zero attached hydrogens (tertiary/aromatic N) is 4. The highest BCUT2D eigenvalue weighted by Crippen LogP contribution is 2.29. The van der Waals surface area contributed by atoms with E-state index in [1.54, 1.807) is 28.7 Å². The van der Waals surface area contributed by atoms with E-state index in [-0.39, 0.29) is 30.0 Å². The number of hydrogen-bond acceptors (Lipinski definition) is 4. The van der Waals surface area contributed by atoms with Crippen molar-refractivity contribution in [2.24, 2.45) is 5.92 Å². The van der Waals surface area contributed by atoms with Gasteiger partial charge in [0, 0.05) is 37.1 Å². The SMILES string of the molecule is C[C@@H]1C[C@H](Cn2ccc3nc(-c4cn[nH]c4)ccc32)CN1S(=O)(=O)CCc1ccccc1F. The monoisotopic (exact) mass is 467 g/mol. The van der Waals surface area contributed by atoms with Gasteiger partial charge < -0.3 is 4.57 Å². The van der Waals surface area contributed by atoms with Crippen LogP contribution in [0, 0.1) is 11.7 Å². The van der Waals surface area contributed by atoms with Crippen LogP contribution >= 0.6 is 0 Å². The minimum absolute atomic E-state index is 0.0757. The summed E-state index contributed by atoms with van der Waals surface area (Å²) in [4.78, 5) is 4.72. The predicted molar refractivity (Wildman–Crippen MR) is 125 cm³/mol. The summed E-state index contributed by atoms with van der Waals surface area (Å²) in [5, 5.41) is 6.78. The summed E-state index contributed by atoms with van der Waals surface area (Å²) in [5.74, 6) is -0.241. The van der Waals surface area contributed by atoms with Gasteiger partial charge in [-0.15, -0.1) is 0 Å². The van der Waals surface area contributed by atoms with Crippen LogP contribution in [0.2, 0.25) is 0 Å². The highest BCUT2D eigenvalue weighted by atomic mass is 32.2. The molecule has 172 valence electrons. The number of aryl methyl sites for hydroxylation is 1. The van der Waals surface area contributed by atoms with Crippen LogP contribution in [0.5, 0.6) is 0 Å². The third-order valence-electron chi connectivity index (χ3n) is 6.42. The van der Waals surface area contributed by atoms with Gasteiger partial charge in [-0.3, -0.25) is 5.10 Å². The van der Waals surface area contributed by atoms with E-state index >= 15 is 0 Å². The molecule has 0 unspecified atom stereocenters. The zero-order valence-corrected chi connectivity index (χ0v) is 19.2. The average Bonchev–Trinajstić information content (AvgIpc) is 3.54. The largest absolute Gasteiger partial charge is 0.346 e. The van der Waals surface area contributed by atoms with Crippen LogP contribution in [0.4, 0.5) is 4.39 Å². The molecule has 3 aromatic heterocycles. The molecule has 5 rings (SSSR count). The number of H-pyrrole nitrogens is 1. The predicted octanol–water partition coefficient (Wildman–Crippen LogP) is 3.85. The van der Waals surface area contributed by atoms with Crippen molar-refractivity contribution in [3.05, 3.63) is 72.4 Å². The molecule has 0 aliphatic carbocycles. The van der Waals surface area contributed by atoms with Gasteiger partial charge in [-0.1, -0.05) is 18.2 Å². The lowest BCUT2D eigenvalue weighted by Crippen LogP contribution is -2.36. The summed E-state index contributed by atoms with van der Waals surface area (Å²) in [6, 6.07) is 12.3. The fourth-order valence-corrected chi connectivity index (χ4v) is 6.53. The minimum atomic E-state index is -3.47. The molecule has 1 aliphatic rings. The third kappa shape index (κ3) is 4.43. The van der Waals surface area contributed by atoms with Crippen LogP contribution in [-0.2, 0) is 23.0 Å². The molecule has 33 heavy (non-hydrogen) atoms. The summed E-state index contributed by atoms with van der Waals surface area (Å²) >= 11 is 0. The Labute approximate surface area is 192 Å². The number of hydrogen-bond donors (Lipinski definition) is 1. The molecule has 0 saturated carbocycles. The number of aromatic amines is 1. The van der Waals surface area contributed by atoms with Gasteiger partial charge in [-0.2, -0.15) is 9.40 Å². The van der Waals surface area contributed by atoms with Gasteiger partial charge in [0.25, 0.3) is 0 Å². The van der Waals surface area contributed by atoms with Gasteiger partial charge in [0.1, 0.15) is 5.82 Å². The van der Waals surface area contributed by atoms with Crippen LogP contribution in [0.15, 0.2) is 61.1 Å². The normalized spacial score (nSPS) is 19.5. The van der Waals surface area contributed by atoms with E-state index in [2.05, 4.69) is 14.8 Å². The van der Waals surface area contributed by atoms with Crippen molar-refractivity contribution in [2.45, 2.75) is 32.4 Å². The van der Waals surface area contributed by atoms with E-state index in [9.17, 15) is 12.8 Å². The zero-order chi connectivity index (χ0) is 23.0. The Morgan fingerprint density at radius 2 is 2.03 bits per heavy atom. The van der Waals surface area contributed by atoms with Gasteiger partial charge >= 0.3 is 0 Å². The topological polar surface area (TPSA) is 83.9 Å². The van der Waals surface area contributed by atoms with Crippen molar-refractivity contribution < 1.29 is 12.8 Å². The van der Waals surface area contributed by atoms with Crippen molar-refractivity contribution in [1.29, 1.82) is 0 Å². The second-order valence-electron chi connectivity index (χ2n) is 8.73. The highest BCUT2D eigenvalue weighted by molar-refractivity contribution is 7.89. The molecular formula is C24H26FN5O2S. The van der Waals surface area contributed by atoms with Crippen molar-refractivity contribution in [1.82, 2.24) is 24.1 Å². The van der Waals surface area contributed by atoms with E-state index in [1.807, 2.05) is 37.5 Å². The first-order valence-corrected chi connectivity index (χ1v) is 12.7. The first-order valence-electron chi connectivity index (χ1n) is 11.1. The molecule has 0 amide bonds. The summed E-state index contributed by atoms with van der Waals surface area (Å²) < 4.78 is 43.7. The number of rotatable bonds is 7. The summed E-state index contributed by atoms with van der Waals surface area (Å²) in [5.41, 5.74) is 4.15. The Balaban J connectivity index is 1.27. The number of nitrogens with one attached hydrogen (secondary N) is 1. The van der Waals surface area contributed by atoms with Crippen molar-refractivity contribution in [3.8, 4) is 11.3 Å². The molecule has 0 bridgehead atoms. The van der Waals surface area contributed by atoms with Gasteiger partial charge in [-0.25, -0.2) is 17.8 Å². The Morgan fingerprint density at radius 1 is 1.18 bits per heavy atom. The summed E-state index contributed by atoms with van der Waals surface area (Å²) in [6.45, 7) is 3.15. The lowest BCUT2D eigenvalue weighted by atomic mass is 10.1. The molecular weight excluding hydrogens is 441 g/mol. The quantitative estimate of drug-likeness (QED) is 0.448. The number of aromatic nitrogens is 4. The molecule has 1 N–H and O–H groups in total. The molecule has 0 spiro atoms. The maximum absolute atomic E-state index is 13.9. The molecule has 1 aliphatic heterocycles. The second-order valence-corrected chi connectivity index (χ2v) is 10.8. The van der Waals surface area contributed by atoms with Gasteiger partial charge in [0.2, 0.25) is 10.0 Å². The minimum Gasteiger partial charge on any atom is -0.346 e. The van der Waals surface area contributed by atoms with E-state index in [4.69, 9.17) is 4.98 Å². The Morgan fingerprint density at radius 3 is 2.82 bits per heavy atom. The second kappa shape index (κ2) is 8.72. The molecule has 2 atom stereocenters. The van der Waals surface area contributed by atoms with Crippen LogP contribution in [0.25, 0.3) is 22.3 Å². The van der Waals surface area contributed by atoms with E-state index in [1.165, 1.54) is 6.07 Å². The van der Waals surface area contributed by atoms with Gasteiger partial charge in [0.05, 0.1) is 28.7 Å². The average molecular weight is 468 g/mol. The third-order valence-corrected chi connectivity index (χ3v) is 8.37. The molecule has 7 nitrogen and oxygen atoms in total. The van der Waals surface area contributed by atoms with Crippen LogP contribution < -0.4 is 0 Å². The number of halogens is 1. The zero-order valence-electron chi connectivity index (χ0n) is 18.4. The van der Waals surface area contributed by atoms with Crippen LogP contribution in [0.1, 0.15) is 18.9 Å². The van der Waals surface area contributed by atoms with Crippen molar-refractivity contribution in [2.75, 3.05) is 12.3 Å². The Bertz CT molecular complexity index is 1370. The first kappa shape index (κ1) is 21.8. The number of benzene rings is 1. The fraction of sp³-hybridized carbons (Fsp3) is 0.333. The molecule has 9 heteroatoms. The standard InChI is InChI=1S/C24H26FN5O2S/c1-17-12-18(16-30(17)33(31,32)11-9-19-4-2-3-5-21(19)25)15-29-10-8-23-24(29)7-6-22(28-23)20-13-26-27-14-20/h2-8,10,13-14,17-18H,9,11-12,15-16H2,1H3,(H,26,27)/t17-,18-/m1/s1. The number of sulfonamides is 1. The first-order chi connectivity index (χ1) is 15.9. The highest BCUT2D eigenvalue weighted by Gasteiger charge is 2.37. The fourth-order valence-electron chi connectivity index (χ4n) is 4.75.